The maximum Gasteiger partial charge on any atom is 0.335 e. The van der Waals surface area contributed by atoms with Crippen molar-refractivity contribution < 1.29 is 14.6 Å². The van der Waals surface area contributed by atoms with Crippen LogP contribution in [-0.2, 0) is 13.1 Å². The van der Waals surface area contributed by atoms with Crippen LogP contribution < -0.4 is 10.5 Å². The van der Waals surface area contributed by atoms with Crippen LogP contribution in [-0.4, -0.2) is 29.1 Å². The molecule has 0 bridgehead atoms. The Morgan fingerprint density at radius 2 is 2.00 bits per heavy atom. The molecule has 3 rings (SSSR count). The van der Waals surface area contributed by atoms with E-state index in [2.05, 4.69) is 4.90 Å². The molecular formula is C18H20N2O3. The lowest BCUT2D eigenvalue weighted by Gasteiger charge is -2.14. The van der Waals surface area contributed by atoms with E-state index in [-0.39, 0.29) is 0 Å². The number of rotatable bonds is 6. The molecule has 23 heavy (non-hydrogen) atoms. The van der Waals surface area contributed by atoms with E-state index < -0.39 is 5.97 Å². The minimum atomic E-state index is -0.873. The standard InChI is InChI=1S/C18H20N2O3/c19-16-3-1-4-17(10-16)23-8-2-7-20-11-14-6-5-13(18(21)22)9-15(14)12-20/h1,3-6,9-10H,2,7-8,11-12,19H2,(H,21,22). The maximum absolute atomic E-state index is 11.0. The van der Waals surface area contributed by atoms with Gasteiger partial charge >= 0.3 is 5.97 Å². The number of hydrogen-bond acceptors (Lipinski definition) is 4. The van der Waals surface area contributed by atoms with Gasteiger partial charge in [-0.15, -0.1) is 0 Å². The van der Waals surface area contributed by atoms with Gasteiger partial charge in [-0.25, -0.2) is 4.79 Å². The number of nitrogens with two attached hydrogens (primary N) is 1. The highest BCUT2D eigenvalue weighted by atomic mass is 16.5. The molecule has 5 heteroatoms. The molecule has 0 aromatic heterocycles. The summed E-state index contributed by atoms with van der Waals surface area (Å²) in [6, 6.07) is 12.8. The second-order valence-electron chi connectivity index (χ2n) is 5.77. The van der Waals surface area contributed by atoms with Crippen molar-refractivity contribution in [3.63, 3.8) is 0 Å². The van der Waals surface area contributed by atoms with Crippen LogP contribution in [0, 0.1) is 0 Å². The zero-order valence-corrected chi connectivity index (χ0v) is 12.9. The molecule has 1 aliphatic rings. The van der Waals surface area contributed by atoms with E-state index in [0.29, 0.717) is 17.9 Å². The number of ether oxygens (including phenoxy) is 1. The van der Waals surface area contributed by atoms with Gasteiger partial charge in [-0.2, -0.15) is 0 Å². The lowest BCUT2D eigenvalue weighted by Crippen LogP contribution is -2.19. The number of nitrogens with zero attached hydrogens (tertiary/aromatic N) is 1. The molecule has 0 atom stereocenters. The predicted octanol–water partition coefficient (Wildman–Crippen LogP) is 2.75. The molecule has 120 valence electrons. The van der Waals surface area contributed by atoms with Crippen molar-refractivity contribution in [2.45, 2.75) is 19.5 Å². The van der Waals surface area contributed by atoms with Gasteiger partial charge in [0.25, 0.3) is 0 Å². The van der Waals surface area contributed by atoms with Crippen molar-refractivity contribution >= 4 is 11.7 Å². The fourth-order valence-corrected chi connectivity index (χ4v) is 2.84. The molecule has 0 saturated heterocycles. The van der Waals surface area contributed by atoms with Gasteiger partial charge in [-0.05, 0) is 41.8 Å². The Morgan fingerprint density at radius 1 is 1.17 bits per heavy atom. The number of carboxylic acids is 1. The van der Waals surface area contributed by atoms with E-state index in [1.807, 2.05) is 30.3 Å². The Balaban J connectivity index is 1.46. The molecule has 5 nitrogen and oxygen atoms in total. The number of fused-ring (bicyclic) bond motifs is 1. The first kappa shape index (κ1) is 15.4. The lowest BCUT2D eigenvalue weighted by molar-refractivity contribution is 0.0696. The Labute approximate surface area is 135 Å². The minimum Gasteiger partial charge on any atom is -0.493 e. The van der Waals surface area contributed by atoms with Gasteiger partial charge in [0.2, 0.25) is 0 Å². The van der Waals surface area contributed by atoms with Gasteiger partial charge in [0.05, 0.1) is 12.2 Å². The van der Waals surface area contributed by atoms with Crippen LogP contribution in [0.4, 0.5) is 5.69 Å². The van der Waals surface area contributed by atoms with E-state index in [1.165, 1.54) is 5.56 Å². The Hall–Kier alpha value is -2.53. The molecule has 1 aliphatic heterocycles. The van der Waals surface area contributed by atoms with Crippen LogP contribution >= 0.6 is 0 Å². The molecule has 1 heterocycles. The first-order chi connectivity index (χ1) is 11.1. The summed E-state index contributed by atoms with van der Waals surface area (Å²) in [4.78, 5) is 13.3. The molecular weight excluding hydrogens is 292 g/mol. The molecule has 0 radical (unpaired) electrons. The number of nitrogen functional groups attached to an aromatic ring is 1. The van der Waals surface area contributed by atoms with Gasteiger partial charge in [-0.3, -0.25) is 4.90 Å². The van der Waals surface area contributed by atoms with Gasteiger partial charge < -0.3 is 15.6 Å². The van der Waals surface area contributed by atoms with Crippen molar-refractivity contribution in [2.24, 2.45) is 0 Å². The average molecular weight is 312 g/mol. The molecule has 0 fully saturated rings. The highest BCUT2D eigenvalue weighted by molar-refractivity contribution is 5.87. The van der Waals surface area contributed by atoms with Crippen LogP contribution in [0.2, 0.25) is 0 Å². The Morgan fingerprint density at radius 3 is 2.78 bits per heavy atom. The summed E-state index contributed by atoms with van der Waals surface area (Å²) in [6.45, 7) is 3.22. The summed E-state index contributed by atoms with van der Waals surface area (Å²) in [5, 5.41) is 9.04. The largest absolute Gasteiger partial charge is 0.493 e. The van der Waals surface area contributed by atoms with Crippen LogP contribution in [0.25, 0.3) is 0 Å². The Kier molecular flexibility index (Phi) is 4.48. The number of carbonyl (C=O) groups is 1. The van der Waals surface area contributed by atoms with Gasteiger partial charge in [-0.1, -0.05) is 12.1 Å². The molecule has 0 spiro atoms. The lowest BCUT2D eigenvalue weighted by atomic mass is 10.1. The van der Waals surface area contributed by atoms with Crippen LogP contribution in [0.1, 0.15) is 27.9 Å². The first-order valence-corrected chi connectivity index (χ1v) is 7.67. The van der Waals surface area contributed by atoms with Crippen molar-refractivity contribution in [3.8, 4) is 5.75 Å². The smallest absolute Gasteiger partial charge is 0.335 e. The van der Waals surface area contributed by atoms with Crippen LogP contribution in [0.5, 0.6) is 5.75 Å². The third kappa shape index (κ3) is 3.81. The fourth-order valence-electron chi connectivity index (χ4n) is 2.84. The van der Waals surface area contributed by atoms with Gasteiger partial charge in [0.15, 0.2) is 0 Å². The van der Waals surface area contributed by atoms with Crippen molar-refractivity contribution in [1.29, 1.82) is 0 Å². The normalized spacial score (nSPS) is 13.7. The van der Waals surface area contributed by atoms with E-state index in [1.54, 1.807) is 12.1 Å². The monoisotopic (exact) mass is 312 g/mol. The summed E-state index contributed by atoms with van der Waals surface area (Å²) in [7, 11) is 0. The van der Waals surface area contributed by atoms with Gasteiger partial charge in [0, 0.05) is 31.4 Å². The molecule has 0 aliphatic carbocycles. The van der Waals surface area contributed by atoms with E-state index >= 15 is 0 Å². The maximum atomic E-state index is 11.0. The number of benzene rings is 2. The zero-order chi connectivity index (χ0) is 16.2. The van der Waals surface area contributed by atoms with Gasteiger partial charge in [0.1, 0.15) is 5.75 Å². The fraction of sp³-hybridized carbons (Fsp3) is 0.278. The molecule has 0 saturated carbocycles. The van der Waals surface area contributed by atoms with E-state index in [4.69, 9.17) is 15.6 Å². The highest BCUT2D eigenvalue weighted by Crippen LogP contribution is 2.24. The zero-order valence-electron chi connectivity index (χ0n) is 12.9. The summed E-state index contributed by atoms with van der Waals surface area (Å²) in [6.07, 6.45) is 0.911. The topological polar surface area (TPSA) is 75.8 Å². The Bertz CT molecular complexity index is 715. The van der Waals surface area contributed by atoms with Crippen LogP contribution in [0.15, 0.2) is 42.5 Å². The molecule has 0 unspecified atom stereocenters. The van der Waals surface area contributed by atoms with Crippen molar-refractivity contribution in [3.05, 3.63) is 59.2 Å². The average Bonchev–Trinajstić information content (AvgIpc) is 2.93. The number of aromatic carboxylic acids is 1. The first-order valence-electron chi connectivity index (χ1n) is 7.67. The quantitative estimate of drug-likeness (QED) is 0.633. The van der Waals surface area contributed by atoms with E-state index in [0.717, 1.165) is 37.4 Å². The number of carboxylic acid groups (broad SMARTS) is 1. The number of anilines is 1. The third-order valence-electron chi connectivity index (χ3n) is 3.99. The van der Waals surface area contributed by atoms with E-state index in [9.17, 15) is 4.79 Å². The second kappa shape index (κ2) is 6.71. The molecule has 0 amide bonds. The SMILES string of the molecule is Nc1cccc(OCCCN2Cc3ccc(C(=O)O)cc3C2)c1. The molecule has 2 aromatic carbocycles. The molecule has 3 N–H and O–H groups in total. The van der Waals surface area contributed by atoms with Crippen LogP contribution in [0.3, 0.4) is 0 Å². The summed E-state index contributed by atoms with van der Waals surface area (Å²) >= 11 is 0. The molecule has 2 aromatic rings. The number of hydrogen-bond donors (Lipinski definition) is 2. The second-order valence-corrected chi connectivity index (χ2v) is 5.77. The summed E-state index contributed by atoms with van der Waals surface area (Å²) in [5.74, 6) is -0.0809. The summed E-state index contributed by atoms with van der Waals surface area (Å²) in [5.41, 5.74) is 9.10. The highest BCUT2D eigenvalue weighted by Gasteiger charge is 2.19. The minimum absolute atomic E-state index is 0.357. The third-order valence-corrected chi connectivity index (χ3v) is 3.99. The summed E-state index contributed by atoms with van der Waals surface area (Å²) < 4.78 is 5.69. The predicted molar refractivity (Wildman–Crippen MR) is 88.5 cm³/mol. The van der Waals surface area contributed by atoms with Crippen molar-refractivity contribution in [1.82, 2.24) is 4.90 Å². The van der Waals surface area contributed by atoms with Crippen molar-refractivity contribution in [2.75, 3.05) is 18.9 Å².